The Balaban J connectivity index is 1.51. The van der Waals surface area contributed by atoms with E-state index in [4.69, 9.17) is 0 Å². The van der Waals surface area contributed by atoms with Crippen LogP contribution in [0, 0.1) is 18.8 Å². The number of carbonyl (C=O) groups excluding carboxylic acids is 2. The molecule has 26 heavy (non-hydrogen) atoms. The lowest BCUT2D eigenvalue weighted by Crippen LogP contribution is -2.48. The van der Waals surface area contributed by atoms with Gasteiger partial charge in [-0.3, -0.25) is 4.79 Å². The van der Waals surface area contributed by atoms with Crippen molar-refractivity contribution in [2.75, 3.05) is 19.6 Å². The topological polar surface area (TPSA) is 52.6 Å². The van der Waals surface area contributed by atoms with Crippen LogP contribution in [-0.4, -0.2) is 47.4 Å². The van der Waals surface area contributed by atoms with Gasteiger partial charge in [0.1, 0.15) is 6.54 Å². The number of aryl methyl sites for hydroxylation is 1. The van der Waals surface area contributed by atoms with E-state index in [0.717, 1.165) is 12.0 Å². The second-order valence-electron chi connectivity index (χ2n) is 8.06. The van der Waals surface area contributed by atoms with Gasteiger partial charge in [0.15, 0.2) is 0 Å². The summed E-state index contributed by atoms with van der Waals surface area (Å²) in [7, 11) is 0. The molecule has 3 unspecified atom stereocenters. The van der Waals surface area contributed by atoms with E-state index in [1.54, 1.807) is 4.90 Å². The van der Waals surface area contributed by atoms with Crippen molar-refractivity contribution in [2.45, 2.75) is 52.6 Å². The third-order valence-electron chi connectivity index (χ3n) is 6.02. The molecule has 5 nitrogen and oxygen atoms in total. The van der Waals surface area contributed by atoms with Gasteiger partial charge in [0.25, 0.3) is 0 Å². The number of hydrogen-bond donors (Lipinski definition) is 1. The van der Waals surface area contributed by atoms with Crippen LogP contribution in [0.25, 0.3) is 0 Å². The Morgan fingerprint density at radius 1 is 1.19 bits per heavy atom. The van der Waals surface area contributed by atoms with Crippen molar-refractivity contribution in [2.24, 2.45) is 11.8 Å². The fraction of sp³-hybridized carbons (Fsp3) is 0.619. The highest BCUT2D eigenvalue weighted by Crippen LogP contribution is 2.29. The van der Waals surface area contributed by atoms with Gasteiger partial charge in [0, 0.05) is 25.7 Å². The first-order valence-electron chi connectivity index (χ1n) is 9.83. The van der Waals surface area contributed by atoms with Crippen LogP contribution in [0.1, 0.15) is 44.2 Å². The predicted octanol–water partition coefficient (Wildman–Crippen LogP) is 3.17. The molecule has 5 heteroatoms. The van der Waals surface area contributed by atoms with E-state index in [1.165, 1.54) is 18.4 Å². The SMILES string of the molecule is Cc1cccc(CN2CCN(CC(=O)NC3CCCC(C)C3C)C2=O)c1. The number of hydrogen-bond acceptors (Lipinski definition) is 2. The zero-order valence-corrected chi connectivity index (χ0v) is 16.2. The molecule has 2 fully saturated rings. The van der Waals surface area contributed by atoms with Gasteiger partial charge in [-0.1, -0.05) is 56.5 Å². The van der Waals surface area contributed by atoms with E-state index in [2.05, 4.69) is 38.2 Å². The van der Waals surface area contributed by atoms with Gasteiger partial charge in [0.05, 0.1) is 0 Å². The van der Waals surface area contributed by atoms with Crippen molar-refractivity contribution in [1.29, 1.82) is 0 Å². The third kappa shape index (κ3) is 4.37. The summed E-state index contributed by atoms with van der Waals surface area (Å²) in [5.74, 6) is 1.12. The summed E-state index contributed by atoms with van der Waals surface area (Å²) >= 11 is 0. The lowest BCUT2D eigenvalue weighted by atomic mass is 9.78. The highest BCUT2D eigenvalue weighted by Gasteiger charge is 2.32. The Labute approximate surface area is 156 Å². The van der Waals surface area contributed by atoms with E-state index in [0.29, 0.717) is 31.5 Å². The molecule has 0 radical (unpaired) electrons. The summed E-state index contributed by atoms with van der Waals surface area (Å²) in [6, 6.07) is 8.43. The Morgan fingerprint density at radius 2 is 1.96 bits per heavy atom. The van der Waals surface area contributed by atoms with Crippen LogP contribution in [0.15, 0.2) is 24.3 Å². The van der Waals surface area contributed by atoms with E-state index in [1.807, 2.05) is 17.0 Å². The van der Waals surface area contributed by atoms with E-state index < -0.39 is 0 Å². The average molecular weight is 357 g/mol. The van der Waals surface area contributed by atoms with Crippen molar-refractivity contribution < 1.29 is 9.59 Å². The Hall–Kier alpha value is -2.04. The molecule has 0 aromatic heterocycles. The summed E-state index contributed by atoms with van der Waals surface area (Å²) < 4.78 is 0. The van der Waals surface area contributed by atoms with Crippen LogP contribution in [-0.2, 0) is 11.3 Å². The lowest BCUT2D eigenvalue weighted by molar-refractivity contribution is -0.123. The molecule has 0 bridgehead atoms. The quantitative estimate of drug-likeness (QED) is 0.880. The summed E-state index contributed by atoms with van der Waals surface area (Å²) in [5, 5.41) is 3.17. The Kier molecular flexibility index (Phi) is 5.84. The molecule has 142 valence electrons. The van der Waals surface area contributed by atoms with Crippen LogP contribution < -0.4 is 5.32 Å². The molecular formula is C21H31N3O2. The largest absolute Gasteiger partial charge is 0.352 e. The van der Waals surface area contributed by atoms with Gasteiger partial charge in [-0.25, -0.2) is 4.79 Å². The van der Waals surface area contributed by atoms with Crippen LogP contribution in [0.5, 0.6) is 0 Å². The second kappa shape index (κ2) is 8.11. The zero-order chi connectivity index (χ0) is 18.7. The molecule has 3 atom stereocenters. The molecule has 1 N–H and O–H groups in total. The number of benzene rings is 1. The summed E-state index contributed by atoms with van der Waals surface area (Å²) in [6.07, 6.45) is 3.46. The third-order valence-corrected chi connectivity index (χ3v) is 6.02. The zero-order valence-electron chi connectivity index (χ0n) is 16.2. The molecule has 1 saturated carbocycles. The smallest absolute Gasteiger partial charge is 0.320 e. The van der Waals surface area contributed by atoms with Crippen molar-refractivity contribution >= 4 is 11.9 Å². The number of amides is 3. The van der Waals surface area contributed by atoms with Crippen LogP contribution in [0.4, 0.5) is 4.79 Å². The molecule has 1 saturated heterocycles. The lowest BCUT2D eigenvalue weighted by Gasteiger charge is -2.34. The number of nitrogens with one attached hydrogen (secondary N) is 1. The molecule has 1 aliphatic heterocycles. The van der Waals surface area contributed by atoms with E-state index in [-0.39, 0.29) is 24.5 Å². The van der Waals surface area contributed by atoms with Crippen molar-refractivity contribution in [3.63, 3.8) is 0 Å². The highest BCUT2D eigenvalue weighted by atomic mass is 16.2. The molecule has 2 aliphatic rings. The van der Waals surface area contributed by atoms with Gasteiger partial charge >= 0.3 is 6.03 Å². The van der Waals surface area contributed by atoms with Gasteiger partial charge in [-0.2, -0.15) is 0 Å². The molecule has 3 amide bonds. The summed E-state index contributed by atoms with van der Waals surface area (Å²) in [6.45, 7) is 8.61. The fourth-order valence-corrected chi connectivity index (χ4v) is 4.17. The predicted molar refractivity (Wildman–Crippen MR) is 103 cm³/mol. The first-order chi connectivity index (χ1) is 12.4. The van der Waals surface area contributed by atoms with Crippen molar-refractivity contribution in [3.8, 4) is 0 Å². The van der Waals surface area contributed by atoms with Crippen LogP contribution >= 0.6 is 0 Å². The number of nitrogens with zero attached hydrogens (tertiary/aromatic N) is 2. The Bertz CT molecular complexity index is 660. The average Bonchev–Trinajstić information content (AvgIpc) is 2.92. The molecule has 1 aromatic carbocycles. The van der Waals surface area contributed by atoms with Gasteiger partial charge in [-0.05, 0) is 30.7 Å². The molecule has 1 aromatic rings. The molecular weight excluding hydrogens is 326 g/mol. The standard InChI is InChI=1S/C21H31N3O2/c1-15-6-4-8-18(12-15)13-23-10-11-24(21(23)26)14-20(25)22-19-9-5-7-16(2)17(19)3/h4,6,8,12,16-17,19H,5,7,9-11,13-14H2,1-3H3,(H,22,25). The molecule has 3 rings (SSSR count). The van der Waals surface area contributed by atoms with Crippen LogP contribution in [0.3, 0.4) is 0 Å². The second-order valence-corrected chi connectivity index (χ2v) is 8.06. The normalized spacial score (nSPS) is 26.3. The van der Waals surface area contributed by atoms with Gasteiger partial charge < -0.3 is 15.1 Å². The maximum absolute atomic E-state index is 12.6. The fourth-order valence-electron chi connectivity index (χ4n) is 4.17. The Morgan fingerprint density at radius 3 is 2.73 bits per heavy atom. The van der Waals surface area contributed by atoms with Crippen molar-refractivity contribution in [3.05, 3.63) is 35.4 Å². The maximum atomic E-state index is 12.6. The summed E-state index contributed by atoms with van der Waals surface area (Å²) in [4.78, 5) is 28.6. The minimum Gasteiger partial charge on any atom is -0.352 e. The van der Waals surface area contributed by atoms with Gasteiger partial charge in [-0.15, -0.1) is 0 Å². The maximum Gasteiger partial charge on any atom is 0.320 e. The van der Waals surface area contributed by atoms with Crippen LogP contribution in [0.2, 0.25) is 0 Å². The van der Waals surface area contributed by atoms with E-state index in [9.17, 15) is 9.59 Å². The first kappa shape index (κ1) is 18.7. The number of urea groups is 1. The first-order valence-corrected chi connectivity index (χ1v) is 9.83. The molecule has 1 aliphatic carbocycles. The molecule has 1 heterocycles. The minimum atomic E-state index is -0.0354. The minimum absolute atomic E-state index is 0.0262. The monoisotopic (exact) mass is 357 g/mol. The van der Waals surface area contributed by atoms with Crippen molar-refractivity contribution in [1.82, 2.24) is 15.1 Å². The number of carbonyl (C=O) groups is 2. The molecule has 0 spiro atoms. The number of rotatable bonds is 5. The summed E-state index contributed by atoms with van der Waals surface area (Å²) in [5.41, 5.74) is 2.33. The van der Waals surface area contributed by atoms with Gasteiger partial charge in [0.2, 0.25) is 5.91 Å². The van der Waals surface area contributed by atoms with E-state index >= 15 is 0 Å². The highest BCUT2D eigenvalue weighted by molar-refractivity contribution is 5.85.